The number of nitrogens with one attached hydrogen (secondary N) is 2. The molecule has 0 atom stereocenters. The van der Waals surface area contributed by atoms with Gasteiger partial charge in [0.15, 0.2) is 0 Å². The van der Waals surface area contributed by atoms with E-state index in [1.807, 2.05) is 0 Å². The number of aryl methyl sites for hydroxylation is 2. The van der Waals surface area contributed by atoms with E-state index in [1.165, 1.54) is 89.3 Å². The van der Waals surface area contributed by atoms with E-state index in [2.05, 4.69) is 72.3 Å². The van der Waals surface area contributed by atoms with Crippen molar-refractivity contribution in [2.75, 3.05) is 0 Å². The number of fused-ring (bicyclic) bond motifs is 2. The molecule has 2 heterocycles. The van der Waals surface area contributed by atoms with Crippen molar-refractivity contribution in [3.05, 3.63) is 71.0 Å². The van der Waals surface area contributed by atoms with Crippen LogP contribution in [-0.2, 0) is 0 Å². The summed E-state index contributed by atoms with van der Waals surface area (Å²) in [5, 5.41) is 2.78. The highest BCUT2D eigenvalue weighted by molar-refractivity contribution is 5.89. The molecule has 1 aliphatic rings. The van der Waals surface area contributed by atoms with Crippen LogP contribution in [0.4, 0.5) is 0 Å². The van der Waals surface area contributed by atoms with Crippen molar-refractivity contribution in [1.82, 2.24) is 9.97 Å². The van der Waals surface area contributed by atoms with E-state index in [1.54, 1.807) is 0 Å². The maximum atomic E-state index is 3.66. The van der Waals surface area contributed by atoms with Gasteiger partial charge >= 0.3 is 0 Å². The van der Waals surface area contributed by atoms with Crippen LogP contribution in [0.5, 0.6) is 0 Å². The van der Waals surface area contributed by atoms with Crippen LogP contribution in [0.15, 0.2) is 48.5 Å². The molecule has 0 aliphatic heterocycles. The monoisotopic (exact) mass is 384 g/mol. The minimum Gasteiger partial charge on any atom is -0.358 e. The van der Waals surface area contributed by atoms with Gasteiger partial charge in [-0.2, -0.15) is 0 Å². The number of para-hydroxylation sites is 2. The van der Waals surface area contributed by atoms with Crippen LogP contribution in [0, 0.1) is 19.8 Å². The fraction of sp³-hybridized carbons (Fsp3) is 0.407. The lowest BCUT2D eigenvalue weighted by Crippen LogP contribution is -2.10. The molecule has 5 rings (SSSR count). The van der Waals surface area contributed by atoms with Crippen molar-refractivity contribution in [3.63, 3.8) is 0 Å². The van der Waals surface area contributed by atoms with Crippen molar-refractivity contribution < 1.29 is 0 Å². The normalized spacial score (nSPS) is 15.7. The molecule has 0 unspecified atom stereocenters. The number of aromatic amines is 2. The maximum absolute atomic E-state index is 3.66. The number of H-pyrrole nitrogens is 2. The van der Waals surface area contributed by atoms with E-state index in [-0.39, 0.29) is 0 Å². The topological polar surface area (TPSA) is 31.6 Å². The molecule has 0 bridgehead atoms. The second-order valence-electron chi connectivity index (χ2n) is 9.05. The van der Waals surface area contributed by atoms with Gasteiger partial charge in [-0.1, -0.05) is 68.5 Å². The first kappa shape index (κ1) is 18.5. The summed E-state index contributed by atoms with van der Waals surface area (Å²) in [7, 11) is 0. The largest absolute Gasteiger partial charge is 0.358 e. The Kier molecular flexibility index (Phi) is 4.95. The van der Waals surface area contributed by atoms with Gasteiger partial charge in [-0.3, -0.25) is 0 Å². The summed E-state index contributed by atoms with van der Waals surface area (Å²) in [5.74, 6) is 1.34. The minimum atomic E-state index is 0.434. The van der Waals surface area contributed by atoms with Crippen LogP contribution >= 0.6 is 0 Å². The molecule has 4 aromatic rings. The lowest BCUT2D eigenvalue weighted by Gasteiger charge is -2.25. The van der Waals surface area contributed by atoms with Crippen molar-refractivity contribution in [2.24, 2.45) is 5.92 Å². The highest BCUT2D eigenvalue weighted by atomic mass is 14.7. The second kappa shape index (κ2) is 7.74. The Bertz CT molecular complexity index is 1040. The first-order valence-electron chi connectivity index (χ1n) is 11.4. The van der Waals surface area contributed by atoms with Gasteiger partial charge in [0.05, 0.1) is 0 Å². The molecule has 2 heteroatoms. The van der Waals surface area contributed by atoms with E-state index in [9.17, 15) is 0 Å². The van der Waals surface area contributed by atoms with Crippen LogP contribution in [-0.4, -0.2) is 9.97 Å². The van der Waals surface area contributed by atoms with Gasteiger partial charge in [0.1, 0.15) is 0 Å². The highest BCUT2D eigenvalue weighted by Crippen LogP contribution is 2.42. The summed E-state index contributed by atoms with van der Waals surface area (Å²) in [4.78, 5) is 7.33. The lowest BCUT2D eigenvalue weighted by molar-refractivity contribution is 0.328. The molecule has 0 radical (unpaired) electrons. The third-order valence-electron chi connectivity index (χ3n) is 7.17. The number of aromatic nitrogens is 2. The molecule has 29 heavy (non-hydrogen) atoms. The van der Waals surface area contributed by atoms with Crippen molar-refractivity contribution >= 4 is 21.8 Å². The molecular weight excluding hydrogens is 352 g/mol. The quantitative estimate of drug-likeness (QED) is 0.352. The van der Waals surface area contributed by atoms with Gasteiger partial charge in [0.25, 0.3) is 0 Å². The first-order valence-corrected chi connectivity index (χ1v) is 11.4. The van der Waals surface area contributed by atoms with Crippen molar-refractivity contribution in [1.29, 1.82) is 0 Å². The Morgan fingerprint density at radius 2 is 1.28 bits per heavy atom. The molecule has 2 nitrogen and oxygen atoms in total. The van der Waals surface area contributed by atoms with E-state index >= 15 is 0 Å². The van der Waals surface area contributed by atoms with Crippen molar-refractivity contribution in [3.8, 4) is 0 Å². The highest BCUT2D eigenvalue weighted by Gasteiger charge is 2.26. The summed E-state index contributed by atoms with van der Waals surface area (Å²) in [6, 6.07) is 17.7. The minimum absolute atomic E-state index is 0.434. The molecule has 1 aliphatic carbocycles. The maximum Gasteiger partial charge on any atom is 0.0459 e. The van der Waals surface area contributed by atoms with Crippen molar-refractivity contribution in [2.45, 2.75) is 64.7 Å². The van der Waals surface area contributed by atoms with Crippen LogP contribution in [0.2, 0.25) is 0 Å². The number of hydrogen-bond acceptors (Lipinski definition) is 0. The summed E-state index contributed by atoms with van der Waals surface area (Å²) < 4.78 is 0. The Morgan fingerprint density at radius 3 is 1.83 bits per heavy atom. The van der Waals surface area contributed by atoms with Gasteiger partial charge in [0, 0.05) is 39.1 Å². The van der Waals surface area contributed by atoms with Gasteiger partial charge in [-0.15, -0.1) is 0 Å². The van der Waals surface area contributed by atoms with Gasteiger partial charge in [0.2, 0.25) is 0 Å². The molecule has 2 aromatic carbocycles. The number of hydrogen-bond donors (Lipinski definition) is 2. The number of rotatable bonds is 5. The Morgan fingerprint density at radius 1 is 0.759 bits per heavy atom. The standard InChI is InChI=1S/C27H32N2/c1-18-26(21-12-6-8-14-24(21)28-18)23(17-16-20-10-4-3-5-11-20)27-19(2)29-25-15-9-7-13-22(25)27/h6-9,12-15,20,23,28-29H,3-5,10-11,16-17H2,1-2H3. The van der Waals surface area contributed by atoms with Crippen LogP contribution in [0.25, 0.3) is 21.8 Å². The van der Waals surface area contributed by atoms with E-state index in [4.69, 9.17) is 0 Å². The molecule has 1 fully saturated rings. The molecular formula is C27H32N2. The molecule has 0 amide bonds. The number of benzene rings is 2. The van der Waals surface area contributed by atoms with Crippen LogP contribution in [0.3, 0.4) is 0 Å². The summed E-state index contributed by atoms with van der Waals surface area (Å²) in [6.45, 7) is 4.51. The van der Waals surface area contributed by atoms with E-state index in [0.29, 0.717) is 5.92 Å². The SMILES string of the molecule is Cc1[nH]c2ccccc2c1C(CCC1CCCCC1)c1c(C)[nH]c2ccccc12. The van der Waals surface area contributed by atoms with Gasteiger partial charge in [-0.25, -0.2) is 0 Å². The third-order valence-corrected chi connectivity index (χ3v) is 7.17. The van der Waals surface area contributed by atoms with E-state index in [0.717, 1.165) is 5.92 Å². The average molecular weight is 385 g/mol. The zero-order valence-corrected chi connectivity index (χ0v) is 17.7. The Hall–Kier alpha value is -2.48. The third kappa shape index (κ3) is 3.39. The second-order valence-corrected chi connectivity index (χ2v) is 9.05. The van der Waals surface area contributed by atoms with Gasteiger partial charge in [-0.05, 0) is 55.9 Å². The predicted molar refractivity (Wildman–Crippen MR) is 124 cm³/mol. The Balaban J connectivity index is 1.62. The molecule has 0 spiro atoms. The summed E-state index contributed by atoms with van der Waals surface area (Å²) >= 11 is 0. The van der Waals surface area contributed by atoms with Crippen LogP contribution < -0.4 is 0 Å². The lowest BCUT2D eigenvalue weighted by atomic mass is 9.79. The Labute approximate surface area is 173 Å². The first-order chi connectivity index (χ1) is 14.2. The zero-order valence-electron chi connectivity index (χ0n) is 17.7. The summed E-state index contributed by atoms with van der Waals surface area (Å²) in [5.41, 5.74) is 8.18. The van der Waals surface area contributed by atoms with Crippen LogP contribution in [0.1, 0.15) is 73.4 Å². The molecule has 1 saturated carbocycles. The van der Waals surface area contributed by atoms with E-state index < -0.39 is 0 Å². The molecule has 2 N–H and O–H groups in total. The fourth-order valence-corrected chi connectivity index (χ4v) is 5.81. The fourth-order valence-electron chi connectivity index (χ4n) is 5.81. The molecule has 2 aromatic heterocycles. The molecule has 0 saturated heterocycles. The van der Waals surface area contributed by atoms with Gasteiger partial charge < -0.3 is 9.97 Å². The zero-order chi connectivity index (χ0) is 19.8. The summed E-state index contributed by atoms with van der Waals surface area (Å²) in [6.07, 6.45) is 9.70. The average Bonchev–Trinajstić information content (AvgIpc) is 3.25. The smallest absolute Gasteiger partial charge is 0.0459 e. The molecule has 150 valence electrons. The predicted octanol–water partition coefficient (Wildman–Crippen LogP) is 7.76.